The van der Waals surface area contributed by atoms with Crippen LogP contribution in [0.4, 0.5) is 0 Å². The number of hydrogen-bond acceptors (Lipinski definition) is 3. The Hall–Kier alpha value is -1.06. The first-order valence-corrected chi connectivity index (χ1v) is 7.86. The number of fused-ring (bicyclic) bond motifs is 1. The fraction of sp³-hybridized carbons (Fsp3) is 0.647. The summed E-state index contributed by atoms with van der Waals surface area (Å²) in [5.41, 5.74) is 2.94. The highest BCUT2D eigenvalue weighted by atomic mass is 16.5. The van der Waals surface area contributed by atoms with Gasteiger partial charge in [-0.15, -0.1) is 0 Å². The highest BCUT2D eigenvalue weighted by molar-refractivity contribution is 5.37. The molecule has 110 valence electrons. The van der Waals surface area contributed by atoms with Gasteiger partial charge in [0.05, 0.1) is 13.2 Å². The first-order valence-electron chi connectivity index (χ1n) is 7.86. The standard InChI is InChI=1S/C17H25NO2/c1-19-17-7-5-13-4-6-15(11-14(13)12-17)18-9-8-16-3-2-10-20-16/h5,7,12,15-16,18H,2-4,6,8-11H2,1H3. The first-order chi connectivity index (χ1) is 9.85. The molecule has 1 fully saturated rings. The van der Waals surface area contributed by atoms with Gasteiger partial charge in [-0.05, 0) is 68.3 Å². The summed E-state index contributed by atoms with van der Waals surface area (Å²) >= 11 is 0. The summed E-state index contributed by atoms with van der Waals surface area (Å²) in [7, 11) is 1.74. The monoisotopic (exact) mass is 275 g/mol. The molecule has 1 heterocycles. The van der Waals surface area contributed by atoms with Crippen molar-refractivity contribution in [1.29, 1.82) is 0 Å². The molecule has 0 aromatic heterocycles. The normalized spacial score (nSPS) is 25.4. The van der Waals surface area contributed by atoms with E-state index in [0.717, 1.165) is 31.7 Å². The molecule has 1 saturated heterocycles. The van der Waals surface area contributed by atoms with E-state index in [2.05, 4.69) is 23.5 Å². The summed E-state index contributed by atoms with van der Waals surface area (Å²) < 4.78 is 11.0. The van der Waals surface area contributed by atoms with Crippen LogP contribution in [0.3, 0.4) is 0 Å². The minimum Gasteiger partial charge on any atom is -0.497 e. The Kier molecular flexibility index (Phi) is 4.58. The van der Waals surface area contributed by atoms with Crippen molar-refractivity contribution in [2.24, 2.45) is 0 Å². The Morgan fingerprint density at radius 2 is 2.25 bits per heavy atom. The van der Waals surface area contributed by atoms with E-state index in [1.807, 2.05) is 0 Å². The Morgan fingerprint density at radius 3 is 3.05 bits per heavy atom. The number of nitrogens with one attached hydrogen (secondary N) is 1. The van der Waals surface area contributed by atoms with Crippen LogP contribution in [-0.4, -0.2) is 32.4 Å². The molecule has 20 heavy (non-hydrogen) atoms. The van der Waals surface area contributed by atoms with Gasteiger partial charge in [0.15, 0.2) is 0 Å². The molecule has 3 rings (SSSR count). The van der Waals surface area contributed by atoms with Gasteiger partial charge in [-0.25, -0.2) is 0 Å². The van der Waals surface area contributed by atoms with Crippen molar-refractivity contribution in [2.45, 2.75) is 50.7 Å². The van der Waals surface area contributed by atoms with E-state index < -0.39 is 0 Å². The SMILES string of the molecule is COc1ccc2c(c1)CC(NCCC1CCCO1)CC2. The van der Waals surface area contributed by atoms with Crippen molar-refractivity contribution in [3.63, 3.8) is 0 Å². The van der Waals surface area contributed by atoms with Crippen LogP contribution in [0.5, 0.6) is 5.75 Å². The second-order valence-corrected chi connectivity index (χ2v) is 5.95. The topological polar surface area (TPSA) is 30.5 Å². The fourth-order valence-electron chi connectivity index (χ4n) is 3.36. The minimum atomic E-state index is 0.499. The average molecular weight is 275 g/mol. The summed E-state index contributed by atoms with van der Waals surface area (Å²) in [6, 6.07) is 7.10. The maximum atomic E-state index is 5.67. The number of ether oxygens (including phenoxy) is 2. The van der Waals surface area contributed by atoms with Crippen LogP contribution in [0.15, 0.2) is 18.2 Å². The predicted molar refractivity (Wildman–Crippen MR) is 80.4 cm³/mol. The maximum absolute atomic E-state index is 5.67. The lowest BCUT2D eigenvalue weighted by molar-refractivity contribution is 0.103. The lowest BCUT2D eigenvalue weighted by atomic mass is 9.88. The van der Waals surface area contributed by atoms with E-state index in [1.165, 1.54) is 36.8 Å². The molecule has 0 saturated carbocycles. The second-order valence-electron chi connectivity index (χ2n) is 5.95. The Morgan fingerprint density at radius 1 is 1.30 bits per heavy atom. The highest BCUT2D eigenvalue weighted by Gasteiger charge is 2.20. The maximum Gasteiger partial charge on any atom is 0.119 e. The van der Waals surface area contributed by atoms with Crippen molar-refractivity contribution in [3.8, 4) is 5.75 Å². The summed E-state index contributed by atoms with van der Waals surface area (Å²) in [6.45, 7) is 2.04. The molecular weight excluding hydrogens is 250 g/mol. The van der Waals surface area contributed by atoms with Crippen LogP contribution < -0.4 is 10.1 Å². The molecule has 1 aliphatic heterocycles. The molecule has 1 aromatic carbocycles. The third-order valence-corrected chi connectivity index (χ3v) is 4.57. The zero-order chi connectivity index (χ0) is 13.8. The van der Waals surface area contributed by atoms with Gasteiger partial charge in [-0.1, -0.05) is 6.07 Å². The number of aryl methyl sites for hydroxylation is 1. The van der Waals surface area contributed by atoms with Crippen LogP contribution >= 0.6 is 0 Å². The third-order valence-electron chi connectivity index (χ3n) is 4.57. The Labute approximate surface area is 121 Å². The molecule has 3 nitrogen and oxygen atoms in total. The van der Waals surface area contributed by atoms with Crippen LogP contribution in [0.25, 0.3) is 0 Å². The molecule has 2 atom stereocenters. The molecule has 0 radical (unpaired) electrons. The average Bonchev–Trinajstić information content (AvgIpc) is 3.00. The van der Waals surface area contributed by atoms with E-state index in [1.54, 1.807) is 7.11 Å². The molecule has 0 spiro atoms. The van der Waals surface area contributed by atoms with E-state index in [-0.39, 0.29) is 0 Å². The number of benzene rings is 1. The summed E-state index contributed by atoms with van der Waals surface area (Å²) in [5.74, 6) is 0.976. The van der Waals surface area contributed by atoms with Crippen LogP contribution in [0.1, 0.15) is 36.8 Å². The molecule has 3 heteroatoms. The molecule has 0 amide bonds. The van der Waals surface area contributed by atoms with Gasteiger partial charge in [0.2, 0.25) is 0 Å². The van der Waals surface area contributed by atoms with E-state index in [4.69, 9.17) is 9.47 Å². The zero-order valence-electron chi connectivity index (χ0n) is 12.4. The van der Waals surface area contributed by atoms with Crippen molar-refractivity contribution < 1.29 is 9.47 Å². The first kappa shape index (κ1) is 13.9. The lowest BCUT2D eigenvalue weighted by Crippen LogP contribution is -2.36. The number of hydrogen-bond donors (Lipinski definition) is 1. The van der Waals surface area contributed by atoms with Crippen molar-refractivity contribution in [1.82, 2.24) is 5.32 Å². The molecule has 1 aliphatic carbocycles. The summed E-state index contributed by atoms with van der Waals surface area (Å²) in [6.07, 6.45) is 7.67. The van der Waals surface area contributed by atoms with E-state index >= 15 is 0 Å². The van der Waals surface area contributed by atoms with Crippen LogP contribution in [0.2, 0.25) is 0 Å². The molecule has 0 bridgehead atoms. The smallest absolute Gasteiger partial charge is 0.119 e. The quantitative estimate of drug-likeness (QED) is 0.896. The van der Waals surface area contributed by atoms with Gasteiger partial charge < -0.3 is 14.8 Å². The lowest BCUT2D eigenvalue weighted by Gasteiger charge is -2.26. The minimum absolute atomic E-state index is 0.499. The van der Waals surface area contributed by atoms with Gasteiger partial charge in [-0.3, -0.25) is 0 Å². The van der Waals surface area contributed by atoms with E-state index in [9.17, 15) is 0 Å². The molecule has 1 aromatic rings. The molecule has 2 aliphatic rings. The van der Waals surface area contributed by atoms with Crippen LogP contribution in [-0.2, 0) is 17.6 Å². The second kappa shape index (κ2) is 6.59. The van der Waals surface area contributed by atoms with Gasteiger partial charge in [-0.2, -0.15) is 0 Å². The Bertz CT molecular complexity index is 441. The van der Waals surface area contributed by atoms with Gasteiger partial charge in [0, 0.05) is 12.6 Å². The summed E-state index contributed by atoms with van der Waals surface area (Å²) in [5, 5.41) is 3.71. The van der Waals surface area contributed by atoms with Gasteiger partial charge in [0.25, 0.3) is 0 Å². The zero-order valence-corrected chi connectivity index (χ0v) is 12.4. The number of methoxy groups -OCH3 is 1. The van der Waals surface area contributed by atoms with Crippen molar-refractivity contribution in [2.75, 3.05) is 20.3 Å². The van der Waals surface area contributed by atoms with E-state index in [0.29, 0.717) is 12.1 Å². The van der Waals surface area contributed by atoms with Gasteiger partial charge >= 0.3 is 0 Å². The van der Waals surface area contributed by atoms with Crippen molar-refractivity contribution in [3.05, 3.63) is 29.3 Å². The molecule has 2 unspecified atom stereocenters. The fourth-order valence-corrected chi connectivity index (χ4v) is 3.36. The molecule has 1 N–H and O–H groups in total. The highest BCUT2D eigenvalue weighted by Crippen LogP contribution is 2.25. The molecular formula is C17H25NO2. The Balaban J connectivity index is 1.49. The predicted octanol–water partition coefficient (Wildman–Crippen LogP) is 2.71. The largest absolute Gasteiger partial charge is 0.497 e. The third kappa shape index (κ3) is 3.33. The van der Waals surface area contributed by atoms with Gasteiger partial charge in [0.1, 0.15) is 5.75 Å². The number of rotatable bonds is 5. The van der Waals surface area contributed by atoms with Crippen LogP contribution in [0, 0.1) is 0 Å². The van der Waals surface area contributed by atoms with Crippen molar-refractivity contribution >= 4 is 0 Å². The summed E-state index contributed by atoms with van der Waals surface area (Å²) in [4.78, 5) is 0.